The summed E-state index contributed by atoms with van der Waals surface area (Å²) in [6, 6.07) is 10.9. The summed E-state index contributed by atoms with van der Waals surface area (Å²) in [6.07, 6.45) is 5.03. The lowest BCUT2D eigenvalue weighted by molar-refractivity contribution is -0.135. The number of rotatable bonds is 5. The standard InChI is InChI=1S/C22H30N2O2/c1-5-18(25)23-16-11-13-17(14-12-16)24(4)21(26)20-19(22(20,2)3)15-9-7-6-8-10-15/h5-10,16-17,19-20H,1,11-14H2,2-4H3,(H,23,25)/t16?,17?,19-,20+/m1/s1. The maximum atomic E-state index is 13.2. The van der Waals surface area contributed by atoms with E-state index in [0.29, 0.717) is 5.92 Å². The van der Waals surface area contributed by atoms with Crippen LogP contribution in [-0.2, 0) is 9.59 Å². The van der Waals surface area contributed by atoms with Gasteiger partial charge in [0.2, 0.25) is 11.8 Å². The molecule has 140 valence electrons. The Bertz CT molecular complexity index is 675. The molecule has 2 saturated carbocycles. The van der Waals surface area contributed by atoms with Gasteiger partial charge in [0.05, 0.1) is 5.92 Å². The van der Waals surface area contributed by atoms with E-state index in [0.717, 1.165) is 25.7 Å². The smallest absolute Gasteiger partial charge is 0.243 e. The average Bonchev–Trinajstić information content (AvgIpc) is 3.23. The molecule has 0 aromatic heterocycles. The Morgan fingerprint density at radius 3 is 2.35 bits per heavy atom. The molecule has 0 bridgehead atoms. The molecule has 2 aliphatic rings. The molecule has 0 unspecified atom stereocenters. The first-order valence-corrected chi connectivity index (χ1v) is 9.60. The highest BCUT2D eigenvalue weighted by Gasteiger charge is 2.63. The Kier molecular flexibility index (Phi) is 5.22. The topological polar surface area (TPSA) is 49.4 Å². The van der Waals surface area contributed by atoms with Crippen molar-refractivity contribution in [2.45, 2.75) is 57.5 Å². The lowest BCUT2D eigenvalue weighted by atomic mass is 9.90. The molecule has 2 fully saturated rings. The number of hydrogen-bond acceptors (Lipinski definition) is 2. The van der Waals surface area contributed by atoms with Gasteiger partial charge in [-0.2, -0.15) is 0 Å². The minimum atomic E-state index is -0.108. The molecule has 4 heteroatoms. The van der Waals surface area contributed by atoms with Crippen molar-refractivity contribution in [3.8, 4) is 0 Å². The summed E-state index contributed by atoms with van der Waals surface area (Å²) in [6.45, 7) is 7.89. The Hall–Kier alpha value is -2.10. The number of nitrogens with zero attached hydrogens (tertiary/aromatic N) is 1. The molecule has 0 radical (unpaired) electrons. The molecule has 1 aromatic carbocycles. The van der Waals surface area contributed by atoms with Gasteiger partial charge in [-0.3, -0.25) is 9.59 Å². The number of carbonyl (C=O) groups excluding carboxylic acids is 2. The monoisotopic (exact) mass is 354 g/mol. The zero-order valence-corrected chi connectivity index (χ0v) is 16.1. The van der Waals surface area contributed by atoms with Crippen molar-refractivity contribution in [2.75, 3.05) is 7.05 Å². The van der Waals surface area contributed by atoms with Gasteiger partial charge in [0.15, 0.2) is 0 Å². The van der Waals surface area contributed by atoms with Crippen molar-refractivity contribution in [3.05, 3.63) is 48.6 Å². The largest absolute Gasteiger partial charge is 0.350 e. The molecule has 1 aromatic rings. The summed E-state index contributed by atoms with van der Waals surface area (Å²) in [7, 11) is 1.95. The molecule has 0 heterocycles. The van der Waals surface area contributed by atoms with Gasteiger partial charge in [0, 0.05) is 25.0 Å². The van der Waals surface area contributed by atoms with E-state index in [1.54, 1.807) is 0 Å². The van der Waals surface area contributed by atoms with E-state index in [-0.39, 0.29) is 35.2 Å². The third-order valence-corrected chi connectivity index (χ3v) is 6.38. The SMILES string of the molecule is C=CC(=O)NC1CCC(N(C)C(=O)[C@@H]2[C@@H](c3ccccc3)C2(C)C)CC1. The number of carbonyl (C=O) groups is 2. The molecule has 2 atom stereocenters. The Balaban J connectivity index is 1.59. The van der Waals surface area contributed by atoms with Gasteiger partial charge in [0.25, 0.3) is 0 Å². The summed E-state index contributed by atoms with van der Waals surface area (Å²) in [4.78, 5) is 26.6. The number of amides is 2. The fourth-order valence-electron chi connectivity index (χ4n) is 4.65. The fourth-order valence-corrected chi connectivity index (χ4v) is 4.65. The molecular formula is C22H30N2O2. The quantitative estimate of drug-likeness (QED) is 0.823. The summed E-state index contributed by atoms with van der Waals surface area (Å²) in [5.41, 5.74) is 1.28. The van der Waals surface area contributed by atoms with E-state index < -0.39 is 0 Å². The van der Waals surface area contributed by atoms with E-state index in [2.05, 4.69) is 37.9 Å². The van der Waals surface area contributed by atoms with Gasteiger partial charge in [-0.15, -0.1) is 0 Å². The van der Waals surface area contributed by atoms with Crippen molar-refractivity contribution >= 4 is 11.8 Å². The zero-order chi connectivity index (χ0) is 18.9. The Morgan fingerprint density at radius 2 is 1.77 bits per heavy atom. The van der Waals surface area contributed by atoms with Crippen LogP contribution in [0.25, 0.3) is 0 Å². The first kappa shape index (κ1) is 18.7. The highest BCUT2D eigenvalue weighted by molar-refractivity contribution is 5.87. The maximum Gasteiger partial charge on any atom is 0.243 e. The second-order valence-corrected chi connectivity index (χ2v) is 8.35. The predicted octanol–water partition coefficient (Wildman–Crippen LogP) is 3.50. The Labute approximate surface area is 156 Å². The van der Waals surface area contributed by atoms with Crippen LogP contribution in [-0.4, -0.2) is 35.8 Å². The lowest BCUT2D eigenvalue weighted by Gasteiger charge is -2.35. The van der Waals surface area contributed by atoms with Crippen molar-refractivity contribution in [3.63, 3.8) is 0 Å². The zero-order valence-electron chi connectivity index (χ0n) is 16.1. The highest BCUT2D eigenvalue weighted by Crippen LogP contribution is 2.65. The van der Waals surface area contributed by atoms with Gasteiger partial charge >= 0.3 is 0 Å². The van der Waals surface area contributed by atoms with Crippen molar-refractivity contribution in [1.29, 1.82) is 0 Å². The number of nitrogens with one attached hydrogen (secondary N) is 1. The average molecular weight is 354 g/mol. The molecule has 3 rings (SSSR count). The second-order valence-electron chi connectivity index (χ2n) is 8.35. The van der Waals surface area contributed by atoms with E-state index in [1.807, 2.05) is 30.1 Å². The van der Waals surface area contributed by atoms with Gasteiger partial charge in [-0.1, -0.05) is 50.8 Å². The first-order valence-electron chi connectivity index (χ1n) is 9.60. The van der Waals surface area contributed by atoms with E-state index in [4.69, 9.17) is 0 Å². The third-order valence-electron chi connectivity index (χ3n) is 6.38. The molecule has 1 N–H and O–H groups in total. The van der Waals surface area contributed by atoms with Crippen LogP contribution in [0.1, 0.15) is 51.0 Å². The van der Waals surface area contributed by atoms with Gasteiger partial charge < -0.3 is 10.2 Å². The molecule has 0 saturated heterocycles. The van der Waals surface area contributed by atoms with E-state index >= 15 is 0 Å². The van der Waals surface area contributed by atoms with Crippen LogP contribution in [0.3, 0.4) is 0 Å². The minimum Gasteiger partial charge on any atom is -0.350 e. The van der Waals surface area contributed by atoms with Crippen LogP contribution in [0, 0.1) is 11.3 Å². The van der Waals surface area contributed by atoms with Crippen LogP contribution < -0.4 is 5.32 Å². The molecule has 0 spiro atoms. The summed E-state index contributed by atoms with van der Waals surface area (Å²) >= 11 is 0. The van der Waals surface area contributed by atoms with Crippen LogP contribution in [0.15, 0.2) is 43.0 Å². The van der Waals surface area contributed by atoms with Crippen LogP contribution in [0.4, 0.5) is 0 Å². The fraction of sp³-hybridized carbons (Fsp3) is 0.545. The Morgan fingerprint density at radius 1 is 1.15 bits per heavy atom. The summed E-state index contributed by atoms with van der Waals surface area (Å²) < 4.78 is 0. The van der Waals surface area contributed by atoms with Crippen molar-refractivity contribution in [2.24, 2.45) is 11.3 Å². The molecular weight excluding hydrogens is 324 g/mol. The second kappa shape index (κ2) is 7.26. The van der Waals surface area contributed by atoms with E-state index in [1.165, 1.54) is 11.6 Å². The minimum absolute atomic E-state index is 0.0157. The molecule has 2 aliphatic carbocycles. The molecule has 26 heavy (non-hydrogen) atoms. The lowest BCUT2D eigenvalue weighted by Crippen LogP contribution is -2.45. The van der Waals surface area contributed by atoms with Crippen LogP contribution in [0.5, 0.6) is 0 Å². The van der Waals surface area contributed by atoms with Gasteiger partial charge in [-0.05, 0) is 42.7 Å². The van der Waals surface area contributed by atoms with Gasteiger partial charge in [0.1, 0.15) is 0 Å². The van der Waals surface area contributed by atoms with Crippen molar-refractivity contribution < 1.29 is 9.59 Å². The molecule has 4 nitrogen and oxygen atoms in total. The molecule has 2 amide bonds. The number of hydrogen-bond donors (Lipinski definition) is 1. The van der Waals surface area contributed by atoms with Crippen LogP contribution in [0.2, 0.25) is 0 Å². The maximum absolute atomic E-state index is 13.2. The highest BCUT2D eigenvalue weighted by atomic mass is 16.2. The first-order chi connectivity index (χ1) is 12.4. The normalized spacial score (nSPS) is 29.5. The van der Waals surface area contributed by atoms with Gasteiger partial charge in [-0.25, -0.2) is 0 Å². The summed E-state index contributed by atoms with van der Waals surface area (Å²) in [5, 5.41) is 2.97. The molecule has 0 aliphatic heterocycles. The summed E-state index contributed by atoms with van der Waals surface area (Å²) in [5.74, 6) is 0.528. The predicted molar refractivity (Wildman–Crippen MR) is 104 cm³/mol. The third kappa shape index (κ3) is 3.55. The van der Waals surface area contributed by atoms with Crippen molar-refractivity contribution in [1.82, 2.24) is 10.2 Å². The number of benzene rings is 1. The van der Waals surface area contributed by atoms with E-state index in [9.17, 15) is 9.59 Å². The van der Waals surface area contributed by atoms with Crippen LogP contribution >= 0.6 is 0 Å².